The molecule has 0 radical (unpaired) electrons. The molecule has 1 aromatic heterocycles. The van der Waals surface area contributed by atoms with E-state index in [4.69, 9.17) is 15.2 Å². The second kappa shape index (κ2) is 7.58. The molecule has 33 heavy (non-hydrogen) atoms. The van der Waals surface area contributed by atoms with Crippen LogP contribution in [-0.4, -0.2) is 29.4 Å². The minimum absolute atomic E-state index is 0.0642. The van der Waals surface area contributed by atoms with Gasteiger partial charge in [0.1, 0.15) is 17.4 Å². The molecule has 0 saturated carbocycles. The molecule has 3 heterocycles. The first-order valence-electron chi connectivity index (χ1n) is 10.2. The van der Waals surface area contributed by atoms with Crippen molar-refractivity contribution >= 4 is 22.6 Å². The molecule has 2 aliphatic rings. The lowest BCUT2D eigenvalue weighted by atomic mass is 9.96. The van der Waals surface area contributed by atoms with Crippen molar-refractivity contribution in [2.75, 3.05) is 19.4 Å². The van der Waals surface area contributed by atoms with E-state index in [9.17, 15) is 22.4 Å². The predicted octanol–water partition coefficient (Wildman–Crippen LogP) is 4.60. The Morgan fingerprint density at radius 3 is 2.70 bits per heavy atom. The first-order chi connectivity index (χ1) is 15.6. The van der Waals surface area contributed by atoms with Crippen LogP contribution >= 0.6 is 0 Å². The van der Waals surface area contributed by atoms with Crippen molar-refractivity contribution < 1.29 is 31.8 Å². The number of ether oxygens (including phenoxy) is 2. The number of pyridine rings is 1. The standard InChI is InChI=1S/C23H19F4N3O3/c1-30(19-4-5-33-20-6-11(23(25,26)27)2-3-12(19)20)22(31)14-7-13-15-9-32-10-16(15)21(28)29-18(13)8-17(14)24/h2-3,6-8,19H,4-5,9-10H2,1H3,(H2,28,29). The number of amides is 1. The summed E-state index contributed by atoms with van der Waals surface area (Å²) in [4.78, 5) is 18.9. The van der Waals surface area contributed by atoms with Gasteiger partial charge in [-0.3, -0.25) is 4.79 Å². The van der Waals surface area contributed by atoms with Crippen LogP contribution in [0.5, 0.6) is 5.75 Å². The van der Waals surface area contributed by atoms with E-state index in [-0.39, 0.29) is 30.3 Å². The molecular formula is C23H19F4N3O3. The number of hydrogen-bond donors (Lipinski definition) is 1. The smallest absolute Gasteiger partial charge is 0.416 e. The molecule has 2 aliphatic heterocycles. The van der Waals surface area contributed by atoms with Crippen molar-refractivity contribution in [3.05, 3.63) is 64.0 Å². The number of rotatable bonds is 2. The summed E-state index contributed by atoms with van der Waals surface area (Å²) in [5.74, 6) is -1.03. The lowest BCUT2D eigenvalue weighted by Gasteiger charge is -2.33. The van der Waals surface area contributed by atoms with Crippen LogP contribution in [-0.2, 0) is 24.1 Å². The zero-order chi connectivity index (χ0) is 23.5. The second-order valence-electron chi connectivity index (χ2n) is 8.12. The topological polar surface area (TPSA) is 77.7 Å². The number of fused-ring (bicyclic) bond motifs is 4. The highest BCUT2D eigenvalue weighted by molar-refractivity contribution is 5.99. The Morgan fingerprint density at radius 2 is 1.94 bits per heavy atom. The van der Waals surface area contributed by atoms with Crippen molar-refractivity contribution in [2.45, 2.75) is 31.9 Å². The van der Waals surface area contributed by atoms with Crippen molar-refractivity contribution in [1.82, 2.24) is 9.88 Å². The number of hydrogen-bond acceptors (Lipinski definition) is 5. The van der Waals surface area contributed by atoms with Crippen LogP contribution in [0, 0.1) is 5.82 Å². The normalized spacial score (nSPS) is 17.4. The molecular weight excluding hydrogens is 442 g/mol. The van der Waals surface area contributed by atoms with Crippen LogP contribution in [0.3, 0.4) is 0 Å². The predicted molar refractivity (Wildman–Crippen MR) is 111 cm³/mol. The summed E-state index contributed by atoms with van der Waals surface area (Å²) in [6.45, 7) is 0.705. The molecule has 5 rings (SSSR count). The Morgan fingerprint density at radius 1 is 1.18 bits per heavy atom. The fourth-order valence-electron chi connectivity index (χ4n) is 4.44. The number of nitrogens with zero attached hydrogens (tertiary/aromatic N) is 2. The number of benzene rings is 2. The summed E-state index contributed by atoms with van der Waals surface area (Å²) in [6.07, 6.45) is -4.15. The highest BCUT2D eigenvalue weighted by Gasteiger charge is 2.35. The molecule has 2 aromatic carbocycles. The SMILES string of the molecule is CN(C(=O)c1cc2c3c(c(N)nc2cc1F)COC3)C1CCOc2cc(C(F)(F)F)ccc21. The maximum absolute atomic E-state index is 15.0. The number of halogens is 4. The lowest BCUT2D eigenvalue weighted by Crippen LogP contribution is -2.35. The van der Waals surface area contributed by atoms with Gasteiger partial charge in [-0.15, -0.1) is 0 Å². The average molecular weight is 461 g/mol. The molecule has 3 aromatic rings. The number of aromatic nitrogens is 1. The van der Waals surface area contributed by atoms with Crippen molar-refractivity contribution in [3.63, 3.8) is 0 Å². The van der Waals surface area contributed by atoms with Gasteiger partial charge in [0.15, 0.2) is 0 Å². The van der Waals surface area contributed by atoms with Gasteiger partial charge in [-0.25, -0.2) is 9.37 Å². The maximum Gasteiger partial charge on any atom is 0.416 e. The quantitative estimate of drug-likeness (QED) is 0.565. The van der Waals surface area contributed by atoms with Gasteiger partial charge in [0.2, 0.25) is 0 Å². The van der Waals surface area contributed by atoms with Crippen molar-refractivity contribution in [3.8, 4) is 5.75 Å². The Hall–Kier alpha value is -3.40. The minimum Gasteiger partial charge on any atom is -0.493 e. The first kappa shape index (κ1) is 21.4. The van der Waals surface area contributed by atoms with Crippen LogP contribution in [0.15, 0.2) is 30.3 Å². The van der Waals surface area contributed by atoms with Gasteiger partial charge in [0.25, 0.3) is 5.91 Å². The summed E-state index contributed by atoms with van der Waals surface area (Å²) >= 11 is 0. The first-order valence-corrected chi connectivity index (χ1v) is 10.2. The molecule has 6 nitrogen and oxygen atoms in total. The Balaban J connectivity index is 1.52. The van der Waals surface area contributed by atoms with E-state index >= 15 is 0 Å². The van der Waals surface area contributed by atoms with Gasteiger partial charge in [-0.2, -0.15) is 13.2 Å². The van der Waals surface area contributed by atoms with E-state index in [1.807, 2.05) is 0 Å². The zero-order valence-electron chi connectivity index (χ0n) is 17.5. The molecule has 172 valence electrons. The molecule has 0 fully saturated rings. The summed E-state index contributed by atoms with van der Waals surface area (Å²) in [7, 11) is 1.50. The molecule has 1 atom stereocenters. The highest BCUT2D eigenvalue weighted by atomic mass is 19.4. The Kier molecular flexibility index (Phi) is 4.93. The number of nitrogen functional groups attached to an aromatic ring is 1. The van der Waals surface area contributed by atoms with Crippen molar-refractivity contribution in [2.24, 2.45) is 0 Å². The zero-order valence-corrected chi connectivity index (χ0v) is 17.5. The van der Waals surface area contributed by atoms with E-state index in [0.29, 0.717) is 29.5 Å². The highest BCUT2D eigenvalue weighted by Crippen LogP contribution is 2.40. The third kappa shape index (κ3) is 3.54. The molecule has 0 spiro atoms. The van der Waals surface area contributed by atoms with E-state index in [2.05, 4.69) is 4.98 Å². The van der Waals surface area contributed by atoms with Gasteiger partial charge >= 0.3 is 6.18 Å². The van der Waals surface area contributed by atoms with Crippen LogP contribution in [0.2, 0.25) is 0 Å². The average Bonchev–Trinajstić information content (AvgIpc) is 3.27. The van der Waals surface area contributed by atoms with Gasteiger partial charge in [0.05, 0.1) is 42.5 Å². The molecule has 0 bridgehead atoms. The molecule has 1 amide bonds. The van der Waals surface area contributed by atoms with E-state index < -0.39 is 29.5 Å². The van der Waals surface area contributed by atoms with E-state index in [0.717, 1.165) is 23.3 Å². The monoisotopic (exact) mass is 461 g/mol. The molecule has 0 saturated heterocycles. The fourth-order valence-corrected chi connectivity index (χ4v) is 4.44. The minimum atomic E-state index is -4.51. The summed E-state index contributed by atoms with van der Waals surface area (Å²) in [5, 5.41) is 0.581. The van der Waals surface area contributed by atoms with E-state index in [1.165, 1.54) is 30.1 Å². The molecule has 2 N–H and O–H groups in total. The van der Waals surface area contributed by atoms with Crippen LogP contribution in [0.25, 0.3) is 10.9 Å². The maximum atomic E-state index is 15.0. The van der Waals surface area contributed by atoms with Gasteiger partial charge < -0.3 is 20.1 Å². The number of carbonyl (C=O) groups excluding carboxylic acids is 1. The Bertz CT molecular complexity index is 1290. The molecule has 0 aliphatic carbocycles. The summed E-state index contributed by atoms with van der Waals surface area (Å²) < 4.78 is 65.0. The number of anilines is 1. The second-order valence-corrected chi connectivity index (χ2v) is 8.12. The number of alkyl halides is 3. The number of carbonyl (C=O) groups is 1. The van der Waals surface area contributed by atoms with Crippen LogP contribution in [0.1, 0.15) is 45.1 Å². The van der Waals surface area contributed by atoms with Gasteiger partial charge in [-0.1, -0.05) is 6.07 Å². The molecule has 1 unspecified atom stereocenters. The fraction of sp³-hybridized carbons (Fsp3) is 0.304. The van der Waals surface area contributed by atoms with Crippen LogP contribution < -0.4 is 10.5 Å². The third-order valence-electron chi connectivity index (χ3n) is 6.18. The van der Waals surface area contributed by atoms with Gasteiger partial charge in [0, 0.05) is 36.0 Å². The number of nitrogens with two attached hydrogens (primary N) is 1. The summed E-state index contributed by atoms with van der Waals surface area (Å²) in [6, 6.07) is 5.22. The van der Waals surface area contributed by atoms with Crippen LogP contribution in [0.4, 0.5) is 23.4 Å². The van der Waals surface area contributed by atoms with E-state index in [1.54, 1.807) is 0 Å². The van der Waals surface area contributed by atoms with Gasteiger partial charge in [-0.05, 0) is 23.8 Å². The van der Waals surface area contributed by atoms with Crippen molar-refractivity contribution in [1.29, 1.82) is 0 Å². The third-order valence-corrected chi connectivity index (χ3v) is 6.18. The Labute approximate surface area is 185 Å². The summed E-state index contributed by atoms with van der Waals surface area (Å²) in [5.41, 5.74) is 7.20. The molecule has 10 heteroatoms. The lowest BCUT2D eigenvalue weighted by molar-refractivity contribution is -0.137. The largest absolute Gasteiger partial charge is 0.493 e.